The summed E-state index contributed by atoms with van der Waals surface area (Å²) in [4.78, 5) is 0.0838. The molecule has 0 nitrogen and oxygen atoms in total. The van der Waals surface area contributed by atoms with E-state index >= 15 is 0 Å². The van der Waals surface area contributed by atoms with Crippen LogP contribution >= 0.6 is 11.6 Å². The number of rotatable bonds is 21. The lowest BCUT2D eigenvalue weighted by Crippen LogP contribution is -2.32. The van der Waals surface area contributed by atoms with E-state index in [4.69, 9.17) is 11.6 Å². The number of hydrogen-bond donors (Lipinski definition) is 0. The zero-order chi connectivity index (χ0) is 20.2. The molecule has 0 aromatic rings. The van der Waals surface area contributed by atoms with Gasteiger partial charge in [-0.2, -0.15) is 0 Å². The summed E-state index contributed by atoms with van der Waals surface area (Å²) in [5.74, 6) is 0.742. The van der Waals surface area contributed by atoms with Crippen LogP contribution in [-0.2, 0) is 0 Å². The average Bonchev–Trinajstić information content (AvgIpc) is 2.68. The molecule has 164 valence electrons. The first-order chi connectivity index (χ1) is 13.1. The zero-order valence-electron chi connectivity index (χ0n) is 19.6. The highest BCUT2D eigenvalue weighted by Crippen LogP contribution is 2.41. The Kier molecular flexibility index (Phi) is 19.8. The van der Waals surface area contributed by atoms with Crippen LogP contribution in [0.3, 0.4) is 0 Å². The van der Waals surface area contributed by atoms with E-state index in [0.717, 1.165) is 5.92 Å². The van der Waals surface area contributed by atoms with Crippen LogP contribution in [0.15, 0.2) is 0 Å². The van der Waals surface area contributed by atoms with E-state index in [9.17, 15) is 0 Å². The summed E-state index contributed by atoms with van der Waals surface area (Å²) in [5.41, 5.74) is 0. The highest BCUT2D eigenvalue weighted by Gasteiger charge is 2.34. The molecular weight excluding hydrogens is 348 g/mol. The molecule has 0 aromatic heterocycles. The van der Waals surface area contributed by atoms with Crippen LogP contribution in [0.4, 0.5) is 0 Å². The predicted molar refractivity (Wildman–Crippen MR) is 127 cm³/mol. The van der Waals surface area contributed by atoms with Crippen molar-refractivity contribution in [1.82, 2.24) is 0 Å². The minimum Gasteiger partial charge on any atom is -0.119 e. The van der Waals surface area contributed by atoms with E-state index < -0.39 is 0 Å². The smallest absolute Gasteiger partial charge is 0.0475 e. The average molecular weight is 401 g/mol. The van der Waals surface area contributed by atoms with Gasteiger partial charge in [-0.05, 0) is 31.6 Å². The summed E-state index contributed by atoms with van der Waals surface area (Å²) in [7, 11) is 0. The Balaban J connectivity index is 4.21. The fraction of sp³-hybridized carbons (Fsp3) is 1.00. The third-order valence-corrected chi connectivity index (χ3v) is 7.12. The van der Waals surface area contributed by atoms with Gasteiger partial charge < -0.3 is 0 Å². The summed E-state index contributed by atoms with van der Waals surface area (Å²) in [6, 6.07) is 0. The fourth-order valence-electron chi connectivity index (χ4n) is 4.46. The lowest BCUT2D eigenvalue weighted by Gasteiger charge is -2.36. The quantitative estimate of drug-likeness (QED) is 0.133. The fourth-order valence-corrected chi connectivity index (χ4v) is 4.95. The predicted octanol–water partition coefficient (Wildman–Crippen LogP) is 10.5. The Morgan fingerprint density at radius 2 is 0.852 bits per heavy atom. The molecule has 0 bridgehead atoms. The van der Waals surface area contributed by atoms with E-state index in [1.165, 1.54) is 128 Å². The van der Waals surface area contributed by atoms with Gasteiger partial charge in [0.2, 0.25) is 0 Å². The van der Waals surface area contributed by atoms with Crippen LogP contribution < -0.4 is 0 Å². The van der Waals surface area contributed by atoms with Crippen molar-refractivity contribution in [3.05, 3.63) is 0 Å². The summed E-state index contributed by atoms with van der Waals surface area (Å²) in [5, 5.41) is 0. The minimum absolute atomic E-state index is 0.0838. The summed E-state index contributed by atoms with van der Waals surface area (Å²) in [6.45, 7) is 9.24. The number of alkyl halides is 1. The maximum atomic E-state index is 7.32. The molecule has 0 heterocycles. The molecule has 0 aliphatic heterocycles. The van der Waals surface area contributed by atoms with E-state index in [1.54, 1.807) is 0 Å². The minimum atomic E-state index is 0.0838. The molecule has 0 rings (SSSR count). The molecule has 0 saturated carbocycles. The van der Waals surface area contributed by atoms with E-state index in [-0.39, 0.29) is 4.87 Å². The van der Waals surface area contributed by atoms with Crippen molar-refractivity contribution in [3.8, 4) is 0 Å². The van der Waals surface area contributed by atoms with Crippen molar-refractivity contribution in [3.63, 3.8) is 0 Å². The van der Waals surface area contributed by atoms with Crippen LogP contribution in [0.1, 0.15) is 156 Å². The molecule has 0 radical (unpaired) electrons. The molecule has 0 aliphatic rings. The monoisotopic (exact) mass is 400 g/mol. The van der Waals surface area contributed by atoms with Crippen molar-refractivity contribution < 1.29 is 0 Å². The Morgan fingerprint density at radius 1 is 0.481 bits per heavy atom. The first-order valence-corrected chi connectivity index (χ1v) is 13.2. The molecule has 0 amide bonds. The molecule has 1 atom stereocenters. The van der Waals surface area contributed by atoms with Gasteiger partial charge in [0.1, 0.15) is 0 Å². The van der Waals surface area contributed by atoms with Crippen LogP contribution in [0.2, 0.25) is 0 Å². The Morgan fingerprint density at radius 3 is 1.30 bits per heavy atom. The van der Waals surface area contributed by atoms with E-state index in [0.29, 0.717) is 0 Å². The lowest BCUT2D eigenvalue weighted by molar-refractivity contribution is 0.268. The molecule has 0 N–H and O–H groups in total. The summed E-state index contributed by atoms with van der Waals surface area (Å²) < 4.78 is 0. The Hall–Kier alpha value is 0.290. The topological polar surface area (TPSA) is 0 Å². The Labute approximate surface area is 178 Å². The molecule has 0 spiro atoms. The zero-order valence-corrected chi connectivity index (χ0v) is 20.4. The van der Waals surface area contributed by atoms with Gasteiger partial charge in [0, 0.05) is 4.87 Å². The van der Waals surface area contributed by atoms with Crippen LogP contribution in [-0.4, -0.2) is 4.87 Å². The second-order valence-corrected chi connectivity index (χ2v) is 9.80. The van der Waals surface area contributed by atoms with Crippen molar-refractivity contribution in [2.75, 3.05) is 0 Å². The van der Waals surface area contributed by atoms with Gasteiger partial charge in [0.05, 0.1) is 0 Å². The van der Waals surface area contributed by atoms with E-state index in [2.05, 4.69) is 27.7 Å². The SMILES string of the molecule is CCCCCCCCCCCCC(CCCC)C(Cl)(CCCC)CCCC. The highest BCUT2D eigenvalue weighted by atomic mass is 35.5. The van der Waals surface area contributed by atoms with Crippen molar-refractivity contribution in [2.24, 2.45) is 5.92 Å². The molecule has 0 aromatic carbocycles. The van der Waals surface area contributed by atoms with Crippen molar-refractivity contribution >= 4 is 11.6 Å². The van der Waals surface area contributed by atoms with Crippen molar-refractivity contribution in [2.45, 2.75) is 161 Å². The molecule has 0 saturated heterocycles. The number of unbranched alkanes of at least 4 members (excludes halogenated alkanes) is 12. The standard InChI is InChI=1S/C26H53Cl/c1-5-9-13-14-15-16-17-18-19-20-22-25(21-10-6-2)26(27,23-11-7-3)24-12-8-4/h25H,5-24H2,1-4H3. The maximum Gasteiger partial charge on any atom is 0.0475 e. The first kappa shape index (κ1) is 27.3. The maximum absolute atomic E-state index is 7.32. The highest BCUT2D eigenvalue weighted by molar-refractivity contribution is 6.24. The molecule has 0 aliphatic carbocycles. The van der Waals surface area contributed by atoms with Crippen molar-refractivity contribution in [1.29, 1.82) is 0 Å². The number of hydrogen-bond acceptors (Lipinski definition) is 0. The van der Waals surface area contributed by atoms with Gasteiger partial charge in [0.25, 0.3) is 0 Å². The van der Waals surface area contributed by atoms with Gasteiger partial charge in [-0.25, -0.2) is 0 Å². The molecule has 27 heavy (non-hydrogen) atoms. The second kappa shape index (κ2) is 19.6. The van der Waals surface area contributed by atoms with Crippen LogP contribution in [0, 0.1) is 5.92 Å². The third kappa shape index (κ3) is 14.9. The summed E-state index contributed by atoms with van der Waals surface area (Å²) in [6.07, 6.45) is 27.3. The normalized spacial score (nSPS) is 13.2. The number of halogens is 1. The Bertz CT molecular complexity index is 278. The largest absolute Gasteiger partial charge is 0.119 e. The second-order valence-electron chi connectivity index (χ2n) is 9.05. The lowest BCUT2D eigenvalue weighted by atomic mass is 9.77. The van der Waals surface area contributed by atoms with E-state index in [1.807, 2.05) is 0 Å². The third-order valence-electron chi connectivity index (χ3n) is 6.44. The van der Waals surface area contributed by atoms with Gasteiger partial charge >= 0.3 is 0 Å². The molecule has 1 heteroatoms. The van der Waals surface area contributed by atoms with Gasteiger partial charge in [-0.3, -0.25) is 0 Å². The summed E-state index contributed by atoms with van der Waals surface area (Å²) >= 11 is 7.32. The molecule has 1 unspecified atom stereocenters. The first-order valence-electron chi connectivity index (χ1n) is 12.8. The van der Waals surface area contributed by atoms with Crippen LogP contribution in [0.25, 0.3) is 0 Å². The molecular formula is C26H53Cl. The van der Waals surface area contributed by atoms with Gasteiger partial charge in [-0.15, -0.1) is 11.6 Å². The van der Waals surface area contributed by atoms with Crippen LogP contribution in [0.5, 0.6) is 0 Å². The van der Waals surface area contributed by atoms with Gasteiger partial charge in [-0.1, -0.05) is 130 Å². The molecule has 0 fully saturated rings. The van der Waals surface area contributed by atoms with Gasteiger partial charge in [0.15, 0.2) is 0 Å².